The summed E-state index contributed by atoms with van der Waals surface area (Å²) >= 11 is 0. The molecule has 0 radical (unpaired) electrons. The number of hydrogen-bond acceptors (Lipinski definition) is 6. The molecule has 0 spiro atoms. The topological polar surface area (TPSA) is 138 Å². The van der Waals surface area contributed by atoms with Crippen LogP contribution in [0.2, 0.25) is 0 Å². The summed E-state index contributed by atoms with van der Waals surface area (Å²) in [6.45, 7) is 0. The van der Waals surface area contributed by atoms with E-state index in [2.05, 4.69) is 0 Å². The van der Waals surface area contributed by atoms with Crippen LogP contribution in [0.3, 0.4) is 0 Å². The van der Waals surface area contributed by atoms with Crippen LogP contribution in [-0.4, -0.2) is 11.9 Å². The summed E-state index contributed by atoms with van der Waals surface area (Å²) in [5, 5.41) is 54.5. The van der Waals surface area contributed by atoms with Crippen molar-refractivity contribution < 1.29 is 117 Å². The zero-order valence-electron chi connectivity index (χ0n) is 4.69. The molecule has 10 heteroatoms. The molecule has 0 saturated carbocycles. The van der Waals surface area contributed by atoms with Crippen LogP contribution in [0.1, 0.15) is 0 Å². The molecule has 0 fully saturated rings. The van der Waals surface area contributed by atoms with Crippen molar-refractivity contribution >= 4 is 0 Å². The van der Waals surface area contributed by atoms with Gasteiger partial charge >= 0.3 is 86.6 Å². The molecule has 86 valence electrons. The van der Waals surface area contributed by atoms with E-state index in [1.54, 1.807) is 0 Å². The summed E-state index contributed by atoms with van der Waals surface area (Å²) in [4.78, 5) is 0. The molecule has 0 heterocycles. The monoisotopic (exact) mass is 544 g/mol. The summed E-state index contributed by atoms with van der Waals surface area (Å²) in [6.07, 6.45) is 0. The third-order valence-corrected chi connectivity index (χ3v) is 0.375. The van der Waals surface area contributed by atoms with E-state index in [-0.39, 0.29) is 86.6 Å². The van der Waals surface area contributed by atoms with Gasteiger partial charge in [0, 0.05) is 0 Å². The molecule has 0 aliphatic heterocycles. The van der Waals surface area contributed by atoms with Gasteiger partial charge in [-0.15, -0.1) is 0 Å². The minimum atomic E-state index is -4.98. The fourth-order valence-corrected chi connectivity index (χ4v) is 0. The Balaban J connectivity index is -0.0000000408. The molecule has 0 saturated heterocycles. The second-order valence-electron chi connectivity index (χ2n) is 1.11. The number of hydrogen-bond donors (Lipinski definition) is 0. The van der Waals surface area contributed by atoms with Crippen molar-refractivity contribution in [2.75, 3.05) is 0 Å². The smallest absolute Gasteiger partial charge is 0.879 e. The molecule has 0 aromatic carbocycles. The molecule has 0 aromatic rings. The van der Waals surface area contributed by atoms with Gasteiger partial charge < -0.3 is 42.6 Å². The second kappa shape index (κ2) is 10.1. The van der Waals surface area contributed by atoms with Crippen molar-refractivity contribution in [2.24, 2.45) is 0 Å². The maximum atomic E-state index is 9.08. The van der Waals surface area contributed by atoms with Gasteiger partial charge in [-0.25, -0.2) is 0 Å². The molecule has 0 bridgehead atoms. The van der Waals surface area contributed by atoms with Crippen LogP contribution in [0.15, 0.2) is 0 Å². The van der Waals surface area contributed by atoms with Gasteiger partial charge in [0.25, 0.3) is 0 Å². The molecule has 6 nitrogen and oxygen atoms in total. The standard InChI is InChI=1S/C2O6.3Ag.Rh/c3-1(4,5)2(6,7)8;;;;/q-6;3*+1;+3. The molecule has 0 atom stereocenters. The van der Waals surface area contributed by atoms with Crippen LogP contribution in [0.4, 0.5) is 0 Å². The average molecular weight is 547 g/mol. The van der Waals surface area contributed by atoms with Crippen molar-refractivity contribution in [1.29, 1.82) is 0 Å². The van der Waals surface area contributed by atoms with Crippen molar-refractivity contribution in [3.05, 3.63) is 0 Å². The Hall–Kier alpha value is 2.60. The van der Waals surface area contributed by atoms with Crippen molar-refractivity contribution in [2.45, 2.75) is 11.9 Å². The molecule has 0 unspecified atom stereocenters. The molecular weight excluding hydrogens is 547 g/mol. The predicted octanol–water partition coefficient (Wildman–Crippen LogP) is -7.55. The van der Waals surface area contributed by atoms with Crippen LogP contribution in [0.5, 0.6) is 0 Å². The van der Waals surface area contributed by atoms with E-state index >= 15 is 0 Å². The van der Waals surface area contributed by atoms with Gasteiger partial charge in [0.1, 0.15) is 0 Å². The fraction of sp³-hybridized carbons (Fsp3) is 1.00. The zero-order chi connectivity index (χ0) is 7.00. The third-order valence-electron chi connectivity index (χ3n) is 0.375. The maximum Gasteiger partial charge on any atom is 3.00 e. The Bertz CT molecular complexity index is 75.8. The van der Waals surface area contributed by atoms with E-state index in [1.165, 1.54) is 0 Å². The van der Waals surface area contributed by atoms with E-state index in [0.29, 0.717) is 0 Å². The normalized spacial score (nSPS) is 9.50. The van der Waals surface area contributed by atoms with Gasteiger partial charge in [-0.3, -0.25) is 0 Å². The van der Waals surface area contributed by atoms with Crippen LogP contribution < -0.4 is 30.6 Å². The molecule has 0 N–H and O–H groups in total. The van der Waals surface area contributed by atoms with Gasteiger partial charge in [-0.2, -0.15) is 0 Å². The minimum Gasteiger partial charge on any atom is -0.879 e. The van der Waals surface area contributed by atoms with E-state index in [0.717, 1.165) is 0 Å². The van der Waals surface area contributed by atoms with Crippen molar-refractivity contribution in [1.82, 2.24) is 0 Å². The van der Waals surface area contributed by atoms with E-state index in [4.69, 9.17) is 30.6 Å². The largest absolute Gasteiger partial charge is 3.00 e. The Morgan fingerprint density at radius 3 is 0.583 bits per heavy atom. The molecule has 0 rings (SSSR count). The van der Waals surface area contributed by atoms with Crippen LogP contribution in [0.25, 0.3) is 0 Å². The van der Waals surface area contributed by atoms with E-state index in [9.17, 15) is 0 Å². The maximum absolute atomic E-state index is 9.08. The van der Waals surface area contributed by atoms with Gasteiger partial charge in [0.2, 0.25) is 0 Å². The summed E-state index contributed by atoms with van der Waals surface area (Å²) in [7, 11) is 0. The van der Waals surface area contributed by atoms with Crippen LogP contribution in [-0.2, 0) is 86.6 Å². The zero-order valence-corrected chi connectivity index (χ0v) is 10.8. The summed E-state index contributed by atoms with van der Waals surface area (Å²) in [5.74, 6) is -9.96. The Morgan fingerprint density at radius 1 is 0.500 bits per heavy atom. The summed E-state index contributed by atoms with van der Waals surface area (Å²) < 4.78 is 0. The SMILES string of the molecule is [Ag+].[Ag+].[Ag+].[O-]C([O-])([O-])C([O-])([O-])[O-].[Rh+3]. The van der Waals surface area contributed by atoms with Gasteiger partial charge in [0.05, 0.1) is 0 Å². The molecule has 0 amide bonds. The Kier molecular flexibility index (Phi) is 24.7. The van der Waals surface area contributed by atoms with Crippen molar-refractivity contribution in [3.63, 3.8) is 0 Å². The minimum absolute atomic E-state index is 0. The quantitative estimate of drug-likeness (QED) is 0.237. The summed E-state index contributed by atoms with van der Waals surface area (Å²) in [6, 6.07) is 0. The molecule has 0 aliphatic rings. The first-order valence-corrected chi connectivity index (χ1v) is 1.47. The molecular formula is C2Ag3O6Rh. The molecule has 0 aromatic heterocycles. The van der Waals surface area contributed by atoms with E-state index < -0.39 is 11.9 Å². The molecule has 12 heavy (non-hydrogen) atoms. The Labute approximate surface area is 128 Å². The van der Waals surface area contributed by atoms with Crippen LogP contribution >= 0.6 is 0 Å². The van der Waals surface area contributed by atoms with Crippen molar-refractivity contribution in [3.8, 4) is 0 Å². The fourth-order valence-electron chi connectivity index (χ4n) is 0. The number of rotatable bonds is 1. The first-order valence-electron chi connectivity index (χ1n) is 1.47. The first kappa shape index (κ1) is 29.3. The predicted molar refractivity (Wildman–Crippen MR) is 5.46 cm³/mol. The summed E-state index contributed by atoms with van der Waals surface area (Å²) in [5.41, 5.74) is 0. The van der Waals surface area contributed by atoms with E-state index in [1.807, 2.05) is 0 Å². The third kappa shape index (κ3) is 12.6. The van der Waals surface area contributed by atoms with Crippen LogP contribution in [0, 0.1) is 0 Å². The molecule has 0 aliphatic carbocycles. The first-order chi connectivity index (χ1) is 3.25. The Morgan fingerprint density at radius 2 is 0.583 bits per heavy atom. The van der Waals surface area contributed by atoms with Gasteiger partial charge in [0.15, 0.2) is 0 Å². The average Bonchev–Trinajstić information content (AvgIpc) is 1.25. The second-order valence-corrected chi connectivity index (χ2v) is 1.11. The van der Waals surface area contributed by atoms with Gasteiger partial charge in [-0.1, -0.05) is 0 Å². The van der Waals surface area contributed by atoms with Gasteiger partial charge in [-0.05, 0) is 0 Å².